The molecule has 0 atom stereocenters. The second kappa shape index (κ2) is 6.14. The Morgan fingerprint density at radius 2 is 2.17 bits per heavy atom. The predicted octanol–water partition coefficient (Wildman–Crippen LogP) is 2.16. The first-order chi connectivity index (χ1) is 8.81. The fourth-order valence-corrected chi connectivity index (χ4v) is 1.85. The maximum Gasteiger partial charge on any atom is 0.305 e. The lowest BCUT2D eigenvalue weighted by molar-refractivity contribution is -0.143. The summed E-state index contributed by atoms with van der Waals surface area (Å²) in [5.41, 5.74) is 1.94. The Balaban J connectivity index is 1.82. The number of fused-ring (bicyclic) bond motifs is 1. The van der Waals surface area contributed by atoms with Crippen molar-refractivity contribution in [1.82, 2.24) is 15.0 Å². The van der Waals surface area contributed by atoms with Gasteiger partial charge in [0.1, 0.15) is 5.52 Å². The van der Waals surface area contributed by atoms with Crippen molar-refractivity contribution in [2.75, 3.05) is 6.61 Å². The second-order valence-corrected chi connectivity index (χ2v) is 4.06. The molecule has 0 radical (unpaired) electrons. The maximum atomic E-state index is 11.2. The van der Waals surface area contributed by atoms with Gasteiger partial charge in [-0.1, -0.05) is 17.3 Å². The smallest absolute Gasteiger partial charge is 0.305 e. The summed E-state index contributed by atoms with van der Waals surface area (Å²) in [4.78, 5) is 11.2. The largest absolute Gasteiger partial charge is 0.466 e. The fraction of sp³-hybridized carbons (Fsp3) is 0.462. The van der Waals surface area contributed by atoms with Gasteiger partial charge < -0.3 is 4.74 Å². The number of aromatic nitrogens is 3. The van der Waals surface area contributed by atoms with E-state index in [-0.39, 0.29) is 5.97 Å². The highest BCUT2D eigenvalue weighted by molar-refractivity contribution is 5.73. The lowest BCUT2D eigenvalue weighted by atomic mass is 10.2. The van der Waals surface area contributed by atoms with Crippen LogP contribution in [0.2, 0.25) is 0 Å². The molecule has 96 valence electrons. The third kappa shape index (κ3) is 3.06. The minimum absolute atomic E-state index is 0.124. The molecule has 0 saturated heterocycles. The molecule has 0 fully saturated rings. The van der Waals surface area contributed by atoms with E-state index in [4.69, 9.17) is 4.74 Å². The number of esters is 1. The number of rotatable bonds is 6. The number of aryl methyl sites for hydroxylation is 1. The zero-order valence-electron chi connectivity index (χ0n) is 10.5. The number of nitrogens with zero attached hydrogens (tertiary/aromatic N) is 3. The molecule has 0 saturated carbocycles. The normalized spacial score (nSPS) is 10.7. The molecule has 1 aromatic carbocycles. The Morgan fingerprint density at radius 1 is 1.33 bits per heavy atom. The molecule has 2 rings (SSSR count). The summed E-state index contributed by atoms with van der Waals surface area (Å²) in [5, 5.41) is 8.18. The van der Waals surface area contributed by atoms with Crippen molar-refractivity contribution in [3.8, 4) is 0 Å². The number of hydrogen-bond donors (Lipinski definition) is 0. The Hall–Kier alpha value is -1.91. The third-order valence-electron chi connectivity index (χ3n) is 2.73. The minimum Gasteiger partial charge on any atom is -0.466 e. The monoisotopic (exact) mass is 247 g/mol. The zero-order valence-corrected chi connectivity index (χ0v) is 10.5. The van der Waals surface area contributed by atoms with Crippen molar-refractivity contribution >= 4 is 17.0 Å². The van der Waals surface area contributed by atoms with Crippen LogP contribution in [0.25, 0.3) is 11.0 Å². The van der Waals surface area contributed by atoms with Gasteiger partial charge in [0.2, 0.25) is 0 Å². The Morgan fingerprint density at radius 3 is 3.00 bits per heavy atom. The highest BCUT2D eigenvalue weighted by Gasteiger charge is 2.04. The summed E-state index contributed by atoms with van der Waals surface area (Å²) >= 11 is 0. The topological polar surface area (TPSA) is 57.0 Å². The summed E-state index contributed by atoms with van der Waals surface area (Å²) in [7, 11) is 0. The average Bonchev–Trinajstić information content (AvgIpc) is 2.78. The molecule has 0 aliphatic heterocycles. The first-order valence-corrected chi connectivity index (χ1v) is 6.25. The van der Waals surface area contributed by atoms with Gasteiger partial charge in [-0.2, -0.15) is 0 Å². The van der Waals surface area contributed by atoms with Gasteiger partial charge in [0, 0.05) is 13.0 Å². The van der Waals surface area contributed by atoms with Crippen molar-refractivity contribution in [2.24, 2.45) is 0 Å². The van der Waals surface area contributed by atoms with Crippen LogP contribution in [0.3, 0.4) is 0 Å². The van der Waals surface area contributed by atoms with E-state index in [1.807, 2.05) is 35.9 Å². The summed E-state index contributed by atoms with van der Waals surface area (Å²) in [6.45, 7) is 3.05. The molecule has 5 heteroatoms. The fourth-order valence-electron chi connectivity index (χ4n) is 1.85. The van der Waals surface area contributed by atoms with E-state index < -0.39 is 0 Å². The zero-order chi connectivity index (χ0) is 12.8. The number of carbonyl (C=O) groups excluding carboxylic acids is 1. The molecule has 0 bridgehead atoms. The lowest BCUT2D eigenvalue weighted by Gasteiger charge is -2.03. The average molecular weight is 247 g/mol. The van der Waals surface area contributed by atoms with Gasteiger partial charge in [-0.05, 0) is 31.9 Å². The van der Waals surface area contributed by atoms with Crippen molar-refractivity contribution in [3.05, 3.63) is 24.3 Å². The molecule has 0 spiro atoms. The van der Waals surface area contributed by atoms with Gasteiger partial charge in [-0.15, -0.1) is 5.10 Å². The molecule has 2 aromatic rings. The molecular formula is C13H17N3O2. The molecule has 0 aliphatic rings. The summed E-state index contributed by atoms with van der Waals surface area (Å²) in [5.74, 6) is -0.124. The molecular weight excluding hydrogens is 230 g/mol. The van der Waals surface area contributed by atoms with E-state index in [1.165, 1.54) is 0 Å². The predicted molar refractivity (Wildman–Crippen MR) is 68.0 cm³/mol. The summed E-state index contributed by atoms with van der Waals surface area (Å²) < 4.78 is 6.75. The minimum atomic E-state index is -0.124. The third-order valence-corrected chi connectivity index (χ3v) is 2.73. The van der Waals surface area contributed by atoms with Gasteiger partial charge in [0.15, 0.2) is 0 Å². The Kier molecular flexibility index (Phi) is 4.28. The van der Waals surface area contributed by atoms with Crippen molar-refractivity contribution in [3.63, 3.8) is 0 Å². The molecule has 5 nitrogen and oxygen atoms in total. The standard InChI is InChI=1S/C13H17N3O2/c1-2-18-13(17)9-5-6-10-16-12-8-4-3-7-11(12)14-15-16/h3-4,7-8H,2,5-6,9-10H2,1H3. The molecule has 1 aromatic heterocycles. The van der Waals surface area contributed by atoms with Crippen molar-refractivity contribution in [2.45, 2.75) is 32.7 Å². The van der Waals surface area contributed by atoms with Crippen LogP contribution < -0.4 is 0 Å². The van der Waals surface area contributed by atoms with Crippen LogP contribution in [-0.2, 0) is 16.1 Å². The molecule has 1 heterocycles. The van der Waals surface area contributed by atoms with Crippen molar-refractivity contribution < 1.29 is 9.53 Å². The van der Waals surface area contributed by atoms with E-state index in [2.05, 4.69) is 10.3 Å². The Bertz CT molecular complexity index is 522. The number of carbonyl (C=O) groups is 1. The molecule has 0 unspecified atom stereocenters. The highest BCUT2D eigenvalue weighted by Crippen LogP contribution is 2.11. The number of ether oxygens (including phenoxy) is 1. The van der Waals surface area contributed by atoms with E-state index in [1.54, 1.807) is 0 Å². The van der Waals surface area contributed by atoms with E-state index in [9.17, 15) is 4.79 Å². The van der Waals surface area contributed by atoms with Gasteiger partial charge in [0.25, 0.3) is 0 Å². The van der Waals surface area contributed by atoms with Crippen LogP contribution >= 0.6 is 0 Å². The molecule has 0 N–H and O–H groups in total. The van der Waals surface area contributed by atoms with Crippen LogP contribution in [0.4, 0.5) is 0 Å². The van der Waals surface area contributed by atoms with E-state index in [0.717, 1.165) is 30.4 Å². The number of para-hydroxylation sites is 1. The maximum absolute atomic E-state index is 11.2. The SMILES string of the molecule is CCOC(=O)CCCCn1nnc2ccccc21. The first-order valence-electron chi connectivity index (χ1n) is 6.25. The lowest BCUT2D eigenvalue weighted by Crippen LogP contribution is -2.05. The van der Waals surface area contributed by atoms with Gasteiger partial charge in [0.05, 0.1) is 12.1 Å². The van der Waals surface area contributed by atoms with Crippen LogP contribution in [0.15, 0.2) is 24.3 Å². The van der Waals surface area contributed by atoms with Gasteiger partial charge >= 0.3 is 5.97 Å². The molecule has 18 heavy (non-hydrogen) atoms. The quantitative estimate of drug-likeness (QED) is 0.580. The van der Waals surface area contributed by atoms with Crippen LogP contribution in [0.5, 0.6) is 0 Å². The molecule has 0 aliphatic carbocycles. The van der Waals surface area contributed by atoms with E-state index in [0.29, 0.717) is 13.0 Å². The number of hydrogen-bond acceptors (Lipinski definition) is 4. The van der Waals surface area contributed by atoms with Gasteiger partial charge in [-0.25, -0.2) is 4.68 Å². The van der Waals surface area contributed by atoms with Gasteiger partial charge in [-0.3, -0.25) is 4.79 Å². The highest BCUT2D eigenvalue weighted by atomic mass is 16.5. The molecule has 0 amide bonds. The van der Waals surface area contributed by atoms with Crippen LogP contribution in [-0.4, -0.2) is 27.6 Å². The summed E-state index contributed by atoms with van der Waals surface area (Å²) in [6.07, 6.45) is 2.18. The van der Waals surface area contributed by atoms with Crippen LogP contribution in [0, 0.1) is 0 Å². The van der Waals surface area contributed by atoms with E-state index >= 15 is 0 Å². The first kappa shape index (κ1) is 12.5. The number of benzene rings is 1. The summed E-state index contributed by atoms with van der Waals surface area (Å²) in [6, 6.07) is 7.86. The number of unbranched alkanes of at least 4 members (excludes halogenated alkanes) is 1. The Labute approximate surface area is 106 Å². The van der Waals surface area contributed by atoms with Crippen LogP contribution in [0.1, 0.15) is 26.2 Å². The second-order valence-electron chi connectivity index (χ2n) is 4.06. The van der Waals surface area contributed by atoms with Crippen molar-refractivity contribution in [1.29, 1.82) is 0 Å².